The highest BCUT2D eigenvalue weighted by atomic mass is 32.2. The Morgan fingerprint density at radius 3 is 2.44 bits per heavy atom. The van der Waals surface area contributed by atoms with Gasteiger partial charge in [0.15, 0.2) is 5.03 Å². The molecule has 0 aliphatic heterocycles. The number of amides is 1. The molecule has 8 nitrogen and oxygen atoms in total. The maximum Gasteiger partial charge on any atom is 0.236 e. The smallest absolute Gasteiger partial charge is 0.236 e. The summed E-state index contributed by atoms with van der Waals surface area (Å²) in [5.41, 5.74) is 2.98. The van der Waals surface area contributed by atoms with Crippen LogP contribution in [0.4, 0.5) is 0 Å². The second kappa shape index (κ2) is 11.4. The van der Waals surface area contributed by atoms with Crippen LogP contribution in [0.1, 0.15) is 56.9 Å². The fourth-order valence-corrected chi connectivity index (χ4v) is 5.22. The van der Waals surface area contributed by atoms with Crippen molar-refractivity contribution in [2.24, 2.45) is 5.92 Å². The van der Waals surface area contributed by atoms with Crippen molar-refractivity contribution in [2.45, 2.75) is 67.8 Å². The monoisotopic (exact) mass is 461 g/mol. The van der Waals surface area contributed by atoms with Gasteiger partial charge >= 0.3 is 0 Å². The van der Waals surface area contributed by atoms with E-state index in [-0.39, 0.29) is 22.4 Å². The van der Waals surface area contributed by atoms with E-state index in [1.807, 2.05) is 0 Å². The highest BCUT2D eigenvalue weighted by Crippen LogP contribution is 2.25. The van der Waals surface area contributed by atoms with Crippen LogP contribution in [0.25, 0.3) is 0 Å². The number of methoxy groups -OCH3 is 1. The summed E-state index contributed by atoms with van der Waals surface area (Å²) in [4.78, 5) is 16.4. The molecule has 3 rings (SSSR count). The highest BCUT2D eigenvalue weighted by molar-refractivity contribution is 7.91. The minimum atomic E-state index is -3.83. The highest BCUT2D eigenvalue weighted by Gasteiger charge is 2.21. The van der Waals surface area contributed by atoms with Gasteiger partial charge < -0.3 is 4.74 Å². The lowest BCUT2D eigenvalue weighted by atomic mass is 9.89. The molecular formula is C23H31N3O5S. The molecule has 2 N–H and O–H groups in total. The third kappa shape index (κ3) is 6.75. The first-order valence-electron chi connectivity index (χ1n) is 11.0. The van der Waals surface area contributed by atoms with Gasteiger partial charge in [0.2, 0.25) is 15.7 Å². The third-order valence-electron chi connectivity index (χ3n) is 5.73. The summed E-state index contributed by atoms with van der Waals surface area (Å²) in [6.07, 6.45) is 9.81. The first-order chi connectivity index (χ1) is 15.4. The van der Waals surface area contributed by atoms with Crippen LogP contribution in [0.5, 0.6) is 5.75 Å². The van der Waals surface area contributed by atoms with Crippen molar-refractivity contribution in [3.8, 4) is 5.75 Å². The molecule has 0 bridgehead atoms. The lowest BCUT2D eigenvalue weighted by Gasteiger charge is -2.21. The fourth-order valence-electron chi connectivity index (χ4n) is 3.98. The number of hydrogen-bond acceptors (Lipinski definition) is 7. The molecule has 1 aliphatic carbocycles. The van der Waals surface area contributed by atoms with Gasteiger partial charge in [0.1, 0.15) is 5.75 Å². The van der Waals surface area contributed by atoms with Crippen LogP contribution in [-0.4, -0.2) is 36.8 Å². The lowest BCUT2D eigenvalue weighted by molar-refractivity contribution is -0.166. The number of benzene rings is 1. The van der Waals surface area contributed by atoms with Gasteiger partial charge in [-0.25, -0.2) is 13.4 Å². The predicted molar refractivity (Wildman–Crippen MR) is 119 cm³/mol. The zero-order valence-electron chi connectivity index (χ0n) is 18.4. The number of nitrogens with zero attached hydrogens (tertiary/aromatic N) is 2. The van der Waals surface area contributed by atoms with Gasteiger partial charge in [-0.2, -0.15) is 0 Å². The molecule has 1 aliphatic rings. The Morgan fingerprint density at radius 2 is 1.78 bits per heavy atom. The van der Waals surface area contributed by atoms with Crippen molar-refractivity contribution < 1.29 is 23.2 Å². The van der Waals surface area contributed by atoms with Crippen LogP contribution in [-0.2, 0) is 21.2 Å². The molecule has 1 saturated carbocycles. The fraction of sp³-hybridized carbons (Fsp3) is 0.478. The number of rotatable bonds is 8. The minimum absolute atomic E-state index is 0.0654. The topological polar surface area (TPSA) is 109 Å². The average molecular weight is 462 g/mol. The molecule has 1 amide bonds. The minimum Gasteiger partial charge on any atom is -0.497 e. The zero-order valence-corrected chi connectivity index (χ0v) is 19.2. The van der Waals surface area contributed by atoms with E-state index in [4.69, 9.17) is 4.74 Å². The van der Waals surface area contributed by atoms with Crippen LogP contribution < -0.4 is 10.2 Å². The van der Waals surface area contributed by atoms with Gasteiger partial charge in [0.25, 0.3) is 0 Å². The second-order valence-electron chi connectivity index (χ2n) is 8.19. The van der Waals surface area contributed by atoms with Gasteiger partial charge in [0, 0.05) is 12.6 Å². The van der Waals surface area contributed by atoms with E-state index in [0.717, 1.165) is 25.7 Å². The van der Waals surface area contributed by atoms with E-state index in [9.17, 15) is 18.4 Å². The van der Waals surface area contributed by atoms with Crippen LogP contribution in [0.15, 0.2) is 52.5 Å². The van der Waals surface area contributed by atoms with Crippen LogP contribution in [0.3, 0.4) is 0 Å². The Bertz CT molecular complexity index is 987. The molecule has 0 unspecified atom stereocenters. The van der Waals surface area contributed by atoms with E-state index < -0.39 is 9.84 Å². The first-order valence-corrected chi connectivity index (χ1v) is 12.5. The molecular weight excluding hydrogens is 430 g/mol. The summed E-state index contributed by atoms with van der Waals surface area (Å²) in [6.45, 7) is -0.0654. The molecule has 1 aromatic heterocycles. The first kappa shape index (κ1) is 24.2. The number of carbonyl (C=O) groups is 1. The summed E-state index contributed by atoms with van der Waals surface area (Å²) in [7, 11) is -2.32. The Kier molecular flexibility index (Phi) is 8.60. The van der Waals surface area contributed by atoms with Crippen LogP contribution >= 0.6 is 0 Å². The molecule has 0 atom stereocenters. The standard InChI is InChI=1S/C23H31N3O5S/c1-31-20-9-11-21(12-10-20)32(29,30)23-16-19(13-14-24-23)17-26(28)25-22(27)15-18-7-5-3-2-4-6-8-18/h9-14,16,18,28H,2-8,15,17H2,1H3,(H,25,27). The summed E-state index contributed by atoms with van der Waals surface area (Å²) in [5.74, 6) is 0.654. The Hall–Kier alpha value is -2.49. The lowest BCUT2D eigenvalue weighted by Crippen LogP contribution is -2.40. The number of hydrogen-bond donors (Lipinski definition) is 2. The van der Waals surface area contributed by atoms with E-state index in [2.05, 4.69) is 10.4 Å². The third-order valence-corrected chi connectivity index (χ3v) is 7.40. The Morgan fingerprint density at radius 1 is 1.12 bits per heavy atom. The van der Waals surface area contributed by atoms with Gasteiger partial charge in [-0.1, -0.05) is 37.3 Å². The van der Waals surface area contributed by atoms with Crippen molar-refractivity contribution in [3.63, 3.8) is 0 Å². The van der Waals surface area contributed by atoms with Crippen molar-refractivity contribution >= 4 is 15.7 Å². The molecule has 2 aromatic rings. The average Bonchev–Trinajstić information content (AvgIpc) is 2.75. The zero-order chi connectivity index (χ0) is 23.0. The molecule has 1 aromatic carbocycles. The summed E-state index contributed by atoms with van der Waals surface area (Å²) >= 11 is 0. The second-order valence-corrected chi connectivity index (χ2v) is 10.1. The SMILES string of the molecule is COc1ccc(S(=O)(=O)c2cc(CN(O)NC(=O)CC3CCCCCCC3)ccn2)cc1. The van der Waals surface area contributed by atoms with Crippen molar-refractivity contribution in [1.29, 1.82) is 0 Å². The number of nitrogens with one attached hydrogen (secondary N) is 1. The number of hydrazine groups is 1. The molecule has 174 valence electrons. The summed E-state index contributed by atoms with van der Waals surface area (Å²) in [6, 6.07) is 9.03. The molecule has 1 fully saturated rings. The molecule has 1 heterocycles. The van der Waals surface area contributed by atoms with Gasteiger partial charge in [0.05, 0.1) is 18.6 Å². The number of ether oxygens (including phenoxy) is 1. The largest absolute Gasteiger partial charge is 0.497 e. The van der Waals surface area contributed by atoms with Crippen molar-refractivity contribution in [3.05, 3.63) is 48.2 Å². The van der Waals surface area contributed by atoms with E-state index >= 15 is 0 Å². The number of aromatic nitrogens is 1. The molecule has 0 radical (unpaired) electrons. The van der Waals surface area contributed by atoms with Gasteiger partial charge in [-0.15, -0.1) is 0 Å². The number of hydroxylamine groups is 1. The predicted octanol–water partition coefficient (Wildman–Crippen LogP) is 3.90. The number of carbonyl (C=O) groups excluding carboxylic acids is 1. The number of pyridine rings is 1. The number of sulfone groups is 1. The summed E-state index contributed by atoms with van der Waals surface area (Å²) in [5, 5.41) is 10.8. The van der Waals surface area contributed by atoms with Crippen molar-refractivity contribution in [2.75, 3.05) is 7.11 Å². The summed E-state index contributed by atoms with van der Waals surface area (Å²) < 4.78 is 30.8. The quantitative estimate of drug-likeness (QED) is 0.574. The van der Waals surface area contributed by atoms with Crippen LogP contribution in [0.2, 0.25) is 0 Å². The molecule has 9 heteroatoms. The van der Waals surface area contributed by atoms with Gasteiger partial charge in [-0.3, -0.25) is 15.4 Å². The van der Waals surface area contributed by atoms with Crippen LogP contribution in [0, 0.1) is 5.92 Å². The normalized spacial score (nSPS) is 15.7. The Balaban J connectivity index is 1.60. The Labute approximate surface area is 189 Å². The molecule has 32 heavy (non-hydrogen) atoms. The van der Waals surface area contributed by atoms with E-state index in [1.54, 1.807) is 18.2 Å². The van der Waals surface area contributed by atoms with Crippen molar-refractivity contribution in [1.82, 2.24) is 15.6 Å². The molecule has 0 spiro atoms. The van der Waals surface area contributed by atoms with E-state index in [0.29, 0.717) is 28.8 Å². The molecule has 0 saturated heterocycles. The maximum absolute atomic E-state index is 12.9. The van der Waals surface area contributed by atoms with Gasteiger partial charge in [-0.05, 0) is 60.7 Å². The van der Waals surface area contributed by atoms with E-state index in [1.165, 1.54) is 50.8 Å². The maximum atomic E-state index is 12.9.